The molecule has 2 N–H and O–H groups in total. The molecule has 1 rings (SSSR count). The molecule has 0 bridgehead atoms. The fourth-order valence-corrected chi connectivity index (χ4v) is 1.72. The van der Waals surface area contributed by atoms with E-state index < -0.39 is 5.60 Å². The summed E-state index contributed by atoms with van der Waals surface area (Å²) in [5.41, 5.74) is 5.35. The normalized spacial score (nSPS) is 20.2. The van der Waals surface area contributed by atoms with Gasteiger partial charge in [-0.2, -0.15) is 0 Å². The number of likely N-dealkylation sites (tertiary alicyclic amines) is 1. The molecule has 0 aromatic carbocycles. The van der Waals surface area contributed by atoms with Gasteiger partial charge in [-0.05, 0) is 39.2 Å². The third-order valence-corrected chi connectivity index (χ3v) is 2.50. The van der Waals surface area contributed by atoms with Gasteiger partial charge in [0.1, 0.15) is 11.4 Å². The van der Waals surface area contributed by atoms with Gasteiger partial charge in [0.25, 0.3) is 0 Å². The fourth-order valence-electron chi connectivity index (χ4n) is 1.72. The third-order valence-electron chi connectivity index (χ3n) is 2.50. The first-order valence-corrected chi connectivity index (χ1v) is 5.88. The molecule has 1 fully saturated rings. The molecule has 1 saturated heterocycles. The predicted molar refractivity (Wildman–Crippen MR) is 64.2 cm³/mol. The zero-order chi connectivity index (χ0) is 13.1. The highest BCUT2D eigenvalue weighted by molar-refractivity contribution is 5.68. The second kappa shape index (κ2) is 5.49. The van der Waals surface area contributed by atoms with Crippen molar-refractivity contribution in [1.82, 2.24) is 4.90 Å². The van der Waals surface area contributed by atoms with E-state index in [1.165, 1.54) is 4.90 Å². The van der Waals surface area contributed by atoms with Gasteiger partial charge in [-0.1, -0.05) is 0 Å². The first-order valence-electron chi connectivity index (χ1n) is 5.88. The number of nitrogens with zero attached hydrogens (tertiary/aromatic N) is 1. The Morgan fingerprint density at radius 3 is 2.71 bits per heavy atom. The Morgan fingerprint density at radius 2 is 2.18 bits per heavy atom. The van der Waals surface area contributed by atoms with E-state index in [-0.39, 0.29) is 25.0 Å². The molecule has 0 aliphatic carbocycles. The summed E-state index contributed by atoms with van der Waals surface area (Å²) in [4.78, 5) is 13.3. The topological polar surface area (TPSA) is 55.6 Å². The summed E-state index contributed by atoms with van der Waals surface area (Å²) in [5.74, 6) is -0.307. The van der Waals surface area contributed by atoms with E-state index in [1.807, 2.05) is 20.8 Å². The van der Waals surface area contributed by atoms with Gasteiger partial charge in [-0.15, -0.1) is 0 Å². The van der Waals surface area contributed by atoms with Crippen LogP contribution in [0.3, 0.4) is 0 Å². The standard InChI is InChI=1S/C12H21FN2O2/c1-12(2,3)17-11(16)15-6-4-5-9(8-15)10(13)7-14/h4-8,14H2,1-3H3. The second-order valence-electron chi connectivity index (χ2n) is 5.22. The molecular formula is C12H21FN2O2. The molecule has 0 aromatic heterocycles. The number of hydrogen-bond donors (Lipinski definition) is 1. The van der Waals surface area contributed by atoms with E-state index in [0.717, 1.165) is 6.42 Å². The van der Waals surface area contributed by atoms with Crippen LogP contribution in [0.4, 0.5) is 9.18 Å². The molecule has 1 aliphatic heterocycles. The van der Waals surface area contributed by atoms with Crippen LogP contribution in [0.15, 0.2) is 11.4 Å². The Kier molecular flexibility index (Phi) is 4.51. The maximum Gasteiger partial charge on any atom is 0.410 e. The van der Waals surface area contributed by atoms with E-state index in [9.17, 15) is 9.18 Å². The molecule has 1 heterocycles. The number of hydrogen-bond acceptors (Lipinski definition) is 3. The SMILES string of the molecule is CC(C)(C)OC(=O)N1CCCC(=C(F)CN)C1. The number of amides is 1. The smallest absolute Gasteiger partial charge is 0.410 e. The zero-order valence-corrected chi connectivity index (χ0v) is 10.8. The van der Waals surface area contributed by atoms with Crippen LogP contribution >= 0.6 is 0 Å². The number of piperidine rings is 1. The lowest BCUT2D eigenvalue weighted by atomic mass is 10.0. The quantitative estimate of drug-likeness (QED) is 0.769. The summed E-state index contributed by atoms with van der Waals surface area (Å²) in [6.45, 7) is 6.23. The first-order chi connectivity index (χ1) is 7.83. The minimum atomic E-state index is -0.523. The van der Waals surface area contributed by atoms with Crippen LogP contribution in [0, 0.1) is 0 Å². The third kappa shape index (κ3) is 4.34. The van der Waals surface area contributed by atoms with Gasteiger partial charge in [-0.3, -0.25) is 0 Å². The lowest BCUT2D eigenvalue weighted by Gasteiger charge is -2.31. The van der Waals surface area contributed by atoms with Crippen LogP contribution in [0.5, 0.6) is 0 Å². The molecule has 0 radical (unpaired) electrons. The Balaban J connectivity index is 2.64. The van der Waals surface area contributed by atoms with Crippen LogP contribution in [-0.2, 0) is 4.74 Å². The van der Waals surface area contributed by atoms with E-state index >= 15 is 0 Å². The number of nitrogens with two attached hydrogens (primary N) is 1. The lowest BCUT2D eigenvalue weighted by Crippen LogP contribution is -2.41. The summed E-state index contributed by atoms with van der Waals surface area (Å²) in [6, 6.07) is 0. The number of carbonyl (C=O) groups is 1. The molecule has 1 aliphatic rings. The van der Waals surface area contributed by atoms with E-state index in [0.29, 0.717) is 18.5 Å². The van der Waals surface area contributed by atoms with Gasteiger partial charge in [-0.25, -0.2) is 9.18 Å². The van der Waals surface area contributed by atoms with Gasteiger partial charge >= 0.3 is 6.09 Å². The summed E-state index contributed by atoms with van der Waals surface area (Å²) >= 11 is 0. The van der Waals surface area contributed by atoms with Crippen molar-refractivity contribution in [3.63, 3.8) is 0 Å². The number of carbonyl (C=O) groups excluding carboxylic acids is 1. The van der Waals surface area contributed by atoms with Gasteiger partial charge in [0, 0.05) is 19.6 Å². The molecule has 0 spiro atoms. The first kappa shape index (κ1) is 14.0. The molecular weight excluding hydrogens is 223 g/mol. The summed E-state index contributed by atoms with van der Waals surface area (Å²) < 4.78 is 18.6. The molecule has 98 valence electrons. The van der Waals surface area contributed by atoms with Crippen LogP contribution < -0.4 is 5.73 Å². The van der Waals surface area contributed by atoms with Gasteiger partial charge in [0.05, 0.1) is 0 Å². The van der Waals surface area contributed by atoms with Gasteiger partial charge < -0.3 is 15.4 Å². The zero-order valence-electron chi connectivity index (χ0n) is 10.8. The highest BCUT2D eigenvalue weighted by atomic mass is 19.1. The monoisotopic (exact) mass is 244 g/mol. The summed E-state index contributed by atoms with van der Waals surface area (Å²) in [7, 11) is 0. The molecule has 0 unspecified atom stereocenters. The Hall–Kier alpha value is -1.10. The van der Waals surface area contributed by atoms with Crippen molar-refractivity contribution >= 4 is 6.09 Å². The van der Waals surface area contributed by atoms with Crippen LogP contribution in [-0.4, -0.2) is 36.2 Å². The average Bonchev–Trinajstić information content (AvgIpc) is 2.26. The molecule has 0 saturated carbocycles. The van der Waals surface area contributed by atoms with Gasteiger partial charge in [0.15, 0.2) is 0 Å². The maximum atomic E-state index is 13.4. The van der Waals surface area contributed by atoms with Crippen LogP contribution in [0.25, 0.3) is 0 Å². The van der Waals surface area contributed by atoms with Crippen molar-refractivity contribution in [1.29, 1.82) is 0 Å². The van der Waals surface area contributed by atoms with Crippen molar-refractivity contribution in [2.24, 2.45) is 5.73 Å². The molecule has 4 nitrogen and oxygen atoms in total. The van der Waals surface area contributed by atoms with Crippen molar-refractivity contribution in [2.45, 2.75) is 39.2 Å². The Bertz CT molecular complexity index is 321. The highest BCUT2D eigenvalue weighted by Crippen LogP contribution is 2.21. The minimum absolute atomic E-state index is 0.0997. The maximum absolute atomic E-state index is 13.4. The Morgan fingerprint density at radius 1 is 1.53 bits per heavy atom. The molecule has 5 heteroatoms. The number of halogens is 1. The van der Waals surface area contributed by atoms with Crippen molar-refractivity contribution < 1.29 is 13.9 Å². The van der Waals surface area contributed by atoms with E-state index in [1.54, 1.807) is 0 Å². The number of rotatable bonds is 1. The van der Waals surface area contributed by atoms with Crippen molar-refractivity contribution in [3.8, 4) is 0 Å². The lowest BCUT2D eigenvalue weighted by molar-refractivity contribution is 0.0245. The van der Waals surface area contributed by atoms with E-state index in [4.69, 9.17) is 10.5 Å². The Labute approximate surface area is 102 Å². The predicted octanol–water partition coefficient (Wildman–Crippen LogP) is 2.20. The molecule has 0 atom stereocenters. The average molecular weight is 244 g/mol. The summed E-state index contributed by atoms with van der Waals surface area (Å²) in [5, 5.41) is 0. The van der Waals surface area contributed by atoms with Crippen molar-refractivity contribution in [2.75, 3.05) is 19.6 Å². The second-order valence-corrected chi connectivity index (χ2v) is 5.22. The van der Waals surface area contributed by atoms with Crippen LogP contribution in [0.2, 0.25) is 0 Å². The molecule has 0 aromatic rings. The van der Waals surface area contributed by atoms with Crippen LogP contribution in [0.1, 0.15) is 33.6 Å². The van der Waals surface area contributed by atoms with Gasteiger partial charge in [0.2, 0.25) is 0 Å². The number of ether oxygens (including phenoxy) is 1. The fraction of sp³-hybridized carbons (Fsp3) is 0.750. The minimum Gasteiger partial charge on any atom is -0.444 e. The summed E-state index contributed by atoms with van der Waals surface area (Å²) in [6.07, 6.45) is 1.03. The largest absolute Gasteiger partial charge is 0.444 e. The molecule has 17 heavy (non-hydrogen) atoms. The van der Waals surface area contributed by atoms with E-state index in [2.05, 4.69) is 0 Å². The van der Waals surface area contributed by atoms with Crippen molar-refractivity contribution in [3.05, 3.63) is 11.4 Å². The highest BCUT2D eigenvalue weighted by Gasteiger charge is 2.26. The molecule has 1 amide bonds.